The molecule has 5 nitrogen and oxygen atoms in total. The number of benzene rings is 2. The fourth-order valence-electron chi connectivity index (χ4n) is 2.50. The molecule has 4 rings (SSSR count). The van der Waals surface area contributed by atoms with E-state index in [1.807, 2.05) is 30.3 Å². The van der Waals surface area contributed by atoms with Gasteiger partial charge in [-0.25, -0.2) is 0 Å². The number of hydrogen-bond acceptors (Lipinski definition) is 5. The third-order valence-corrected chi connectivity index (χ3v) is 5.43. The summed E-state index contributed by atoms with van der Waals surface area (Å²) in [6, 6.07) is 14.6. The maximum absolute atomic E-state index is 12.6. The zero-order valence-electron chi connectivity index (χ0n) is 13.8. The van der Waals surface area contributed by atoms with Crippen LogP contribution in [-0.2, 0) is 6.61 Å². The van der Waals surface area contributed by atoms with Crippen molar-refractivity contribution in [1.29, 1.82) is 0 Å². The number of rotatable bonds is 6. The van der Waals surface area contributed by atoms with Gasteiger partial charge in [0.15, 0.2) is 0 Å². The third-order valence-electron chi connectivity index (χ3n) is 4.06. The van der Waals surface area contributed by atoms with Gasteiger partial charge < -0.3 is 4.74 Å². The number of hydrogen-bond donors (Lipinski definition) is 1. The monoisotopic (exact) mass is 385 g/mol. The quantitative estimate of drug-likeness (QED) is 0.655. The Morgan fingerprint density at radius 1 is 1.15 bits per heavy atom. The van der Waals surface area contributed by atoms with Crippen LogP contribution in [0, 0.1) is 0 Å². The summed E-state index contributed by atoms with van der Waals surface area (Å²) in [7, 11) is 0. The van der Waals surface area contributed by atoms with Crippen LogP contribution in [0.1, 0.15) is 39.7 Å². The van der Waals surface area contributed by atoms with Gasteiger partial charge in [-0.15, -0.1) is 10.2 Å². The molecule has 1 aliphatic carbocycles. The number of nitrogens with zero attached hydrogens (tertiary/aromatic N) is 2. The molecule has 3 aromatic rings. The van der Waals surface area contributed by atoms with Crippen molar-refractivity contribution >= 4 is 34.0 Å². The fraction of sp³-hybridized carbons (Fsp3) is 0.211. The summed E-state index contributed by atoms with van der Waals surface area (Å²) in [5.41, 5.74) is 1.31. The molecule has 26 heavy (non-hydrogen) atoms. The van der Waals surface area contributed by atoms with Gasteiger partial charge in [0.05, 0.1) is 5.56 Å². The summed E-state index contributed by atoms with van der Waals surface area (Å²) in [6.45, 7) is 0.286. The van der Waals surface area contributed by atoms with Gasteiger partial charge in [0, 0.05) is 16.5 Å². The molecule has 1 aromatic heterocycles. The van der Waals surface area contributed by atoms with Gasteiger partial charge in [-0.05, 0) is 31.0 Å². The first kappa shape index (κ1) is 17.0. The molecule has 0 bridgehead atoms. The van der Waals surface area contributed by atoms with E-state index in [4.69, 9.17) is 16.3 Å². The highest BCUT2D eigenvalue weighted by Gasteiger charge is 2.28. The third kappa shape index (κ3) is 3.86. The molecular weight excluding hydrogens is 370 g/mol. The van der Waals surface area contributed by atoms with Gasteiger partial charge in [-0.1, -0.05) is 53.3 Å². The molecule has 132 valence electrons. The van der Waals surface area contributed by atoms with Crippen molar-refractivity contribution in [2.24, 2.45) is 0 Å². The van der Waals surface area contributed by atoms with Gasteiger partial charge in [0.25, 0.3) is 5.91 Å². The lowest BCUT2D eigenvalue weighted by Gasteiger charge is -2.11. The number of aromatic nitrogens is 2. The minimum absolute atomic E-state index is 0.266. The number of para-hydroxylation sites is 1. The number of carbonyl (C=O) groups excluding carboxylic acids is 1. The second kappa shape index (κ2) is 7.43. The molecule has 1 heterocycles. The highest BCUT2D eigenvalue weighted by Crippen LogP contribution is 2.42. The van der Waals surface area contributed by atoms with Crippen LogP contribution in [0.4, 0.5) is 5.13 Å². The predicted octanol–water partition coefficient (Wildman–Crippen LogP) is 4.90. The van der Waals surface area contributed by atoms with Crippen LogP contribution in [0.5, 0.6) is 5.75 Å². The summed E-state index contributed by atoms with van der Waals surface area (Å²) in [4.78, 5) is 12.6. The Morgan fingerprint density at radius 2 is 1.92 bits per heavy atom. The molecule has 0 radical (unpaired) electrons. The smallest absolute Gasteiger partial charge is 0.261 e. The number of halogens is 1. The molecule has 0 saturated heterocycles. The lowest BCUT2D eigenvalue weighted by Crippen LogP contribution is -2.13. The molecule has 1 fully saturated rings. The Balaban J connectivity index is 1.47. The first-order valence-corrected chi connectivity index (χ1v) is 9.50. The van der Waals surface area contributed by atoms with Crippen molar-refractivity contribution in [2.75, 3.05) is 5.32 Å². The Hall–Kier alpha value is -2.44. The number of anilines is 1. The molecular formula is C19H16ClN3O2S. The molecule has 0 spiro atoms. The Kier molecular flexibility index (Phi) is 4.86. The molecule has 1 saturated carbocycles. The maximum Gasteiger partial charge on any atom is 0.261 e. The summed E-state index contributed by atoms with van der Waals surface area (Å²) in [5.74, 6) is 0.750. The molecule has 1 amide bonds. The van der Waals surface area contributed by atoms with E-state index < -0.39 is 0 Å². The van der Waals surface area contributed by atoms with E-state index in [0.717, 1.165) is 23.4 Å². The zero-order valence-corrected chi connectivity index (χ0v) is 15.4. The molecule has 1 N–H and O–H groups in total. The van der Waals surface area contributed by atoms with E-state index in [-0.39, 0.29) is 12.5 Å². The average Bonchev–Trinajstić information content (AvgIpc) is 3.41. The molecule has 0 unspecified atom stereocenters. The molecule has 2 aromatic carbocycles. The SMILES string of the molecule is O=C(Nc1nnc(C2CC2)s1)c1ccccc1OCc1ccccc1Cl. The Labute approximate surface area is 160 Å². The first-order valence-electron chi connectivity index (χ1n) is 8.30. The van der Waals surface area contributed by atoms with Gasteiger partial charge in [0.1, 0.15) is 17.4 Å². The van der Waals surface area contributed by atoms with Crippen LogP contribution in [0.2, 0.25) is 5.02 Å². The van der Waals surface area contributed by atoms with Crippen LogP contribution in [0.25, 0.3) is 0 Å². The summed E-state index contributed by atoms with van der Waals surface area (Å²) >= 11 is 7.59. The normalized spacial score (nSPS) is 13.4. The highest BCUT2D eigenvalue weighted by atomic mass is 35.5. The first-order chi connectivity index (χ1) is 12.7. The number of carbonyl (C=O) groups is 1. The predicted molar refractivity (Wildman–Crippen MR) is 102 cm³/mol. The van der Waals surface area contributed by atoms with E-state index >= 15 is 0 Å². The van der Waals surface area contributed by atoms with Gasteiger partial charge in [-0.2, -0.15) is 0 Å². The van der Waals surface area contributed by atoms with E-state index in [1.54, 1.807) is 18.2 Å². The van der Waals surface area contributed by atoms with Crippen LogP contribution < -0.4 is 10.1 Å². The number of ether oxygens (including phenoxy) is 1. The van der Waals surface area contributed by atoms with Crippen LogP contribution in [0.3, 0.4) is 0 Å². The van der Waals surface area contributed by atoms with E-state index in [0.29, 0.717) is 27.4 Å². The van der Waals surface area contributed by atoms with Crippen LogP contribution in [0.15, 0.2) is 48.5 Å². The zero-order chi connectivity index (χ0) is 17.9. The van der Waals surface area contributed by atoms with Gasteiger partial charge in [-0.3, -0.25) is 10.1 Å². The molecule has 0 aliphatic heterocycles. The van der Waals surface area contributed by atoms with E-state index in [2.05, 4.69) is 15.5 Å². The second-order valence-electron chi connectivity index (χ2n) is 6.05. The summed E-state index contributed by atoms with van der Waals surface area (Å²) in [5, 5.41) is 13.1. The van der Waals surface area contributed by atoms with Crippen molar-refractivity contribution < 1.29 is 9.53 Å². The largest absolute Gasteiger partial charge is 0.488 e. The fourth-order valence-corrected chi connectivity index (χ4v) is 3.59. The standard InChI is InChI=1S/C19H16ClN3O2S/c20-15-7-3-1-5-13(15)11-25-16-8-4-2-6-14(16)17(24)21-19-23-22-18(26-19)12-9-10-12/h1-8,12H,9-11H2,(H,21,23,24). The van der Waals surface area contributed by atoms with Crippen molar-refractivity contribution in [3.8, 4) is 5.75 Å². The topological polar surface area (TPSA) is 64.1 Å². The minimum atomic E-state index is -0.266. The lowest BCUT2D eigenvalue weighted by atomic mass is 10.2. The average molecular weight is 386 g/mol. The van der Waals surface area contributed by atoms with Crippen molar-refractivity contribution in [2.45, 2.75) is 25.4 Å². The molecule has 1 aliphatic rings. The van der Waals surface area contributed by atoms with Crippen LogP contribution in [-0.4, -0.2) is 16.1 Å². The number of nitrogens with one attached hydrogen (secondary N) is 1. The number of amides is 1. The van der Waals surface area contributed by atoms with E-state index in [9.17, 15) is 4.79 Å². The van der Waals surface area contributed by atoms with Crippen molar-refractivity contribution in [3.63, 3.8) is 0 Å². The van der Waals surface area contributed by atoms with Crippen molar-refractivity contribution in [1.82, 2.24) is 10.2 Å². The Bertz CT molecular complexity index is 940. The van der Waals surface area contributed by atoms with Gasteiger partial charge in [0.2, 0.25) is 5.13 Å². The summed E-state index contributed by atoms with van der Waals surface area (Å²) < 4.78 is 5.84. The van der Waals surface area contributed by atoms with Crippen LogP contribution >= 0.6 is 22.9 Å². The van der Waals surface area contributed by atoms with Gasteiger partial charge >= 0.3 is 0 Å². The molecule has 7 heteroatoms. The molecule has 0 atom stereocenters. The summed E-state index contributed by atoms with van der Waals surface area (Å²) in [6.07, 6.45) is 2.31. The van der Waals surface area contributed by atoms with Crippen molar-refractivity contribution in [3.05, 3.63) is 69.7 Å². The lowest BCUT2D eigenvalue weighted by molar-refractivity contribution is 0.102. The maximum atomic E-state index is 12.6. The second-order valence-corrected chi connectivity index (χ2v) is 7.47. The van der Waals surface area contributed by atoms with E-state index in [1.165, 1.54) is 11.3 Å². The minimum Gasteiger partial charge on any atom is -0.488 e. The highest BCUT2D eigenvalue weighted by molar-refractivity contribution is 7.15. The Morgan fingerprint density at radius 3 is 2.73 bits per heavy atom.